The van der Waals surface area contributed by atoms with E-state index in [-0.39, 0.29) is 12.5 Å². The molecular weight excluding hydrogens is 218 g/mol. The molecule has 0 unspecified atom stereocenters. The van der Waals surface area contributed by atoms with E-state index >= 15 is 0 Å². The Morgan fingerprint density at radius 2 is 2.00 bits per heavy atom. The highest BCUT2D eigenvalue weighted by Crippen LogP contribution is 2.19. The summed E-state index contributed by atoms with van der Waals surface area (Å²) in [7, 11) is 1.61. The van der Waals surface area contributed by atoms with Gasteiger partial charge in [0.15, 0.2) is 6.61 Å². The minimum atomic E-state index is 0.0605. The molecule has 1 aliphatic heterocycles. The van der Waals surface area contributed by atoms with Crippen molar-refractivity contribution >= 4 is 5.91 Å². The van der Waals surface area contributed by atoms with Crippen LogP contribution in [-0.2, 0) is 4.79 Å². The summed E-state index contributed by atoms with van der Waals surface area (Å²) in [5.41, 5.74) is 0. The van der Waals surface area contributed by atoms with E-state index in [1.165, 1.54) is 0 Å². The zero-order chi connectivity index (χ0) is 12.1. The number of rotatable bonds is 4. The van der Waals surface area contributed by atoms with Crippen LogP contribution in [0, 0.1) is 0 Å². The van der Waals surface area contributed by atoms with E-state index in [4.69, 9.17) is 9.47 Å². The third-order valence-corrected chi connectivity index (χ3v) is 2.86. The Labute approximate surface area is 101 Å². The van der Waals surface area contributed by atoms with Gasteiger partial charge in [-0.1, -0.05) is 6.07 Å². The van der Waals surface area contributed by atoms with Gasteiger partial charge in [-0.2, -0.15) is 0 Å². The minimum absolute atomic E-state index is 0.0605. The van der Waals surface area contributed by atoms with Crippen LogP contribution in [0.4, 0.5) is 0 Å². The van der Waals surface area contributed by atoms with Crippen LogP contribution in [0.2, 0.25) is 0 Å². The molecule has 0 radical (unpaired) electrons. The molecule has 0 saturated carbocycles. The Kier molecular flexibility index (Phi) is 3.85. The summed E-state index contributed by atoms with van der Waals surface area (Å²) in [5, 5.41) is 0. The van der Waals surface area contributed by atoms with Crippen molar-refractivity contribution in [2.45, 2.75) is 12.8 Å². The van der Waals surface area contributed by atoms with Crippen LogP contribution in [-0.4, -0.2) is 37.6 Å². The number of carbonyl (C=O) groups excluding carboxylic acids is 1. The quantitative estimate of drug-likeness (QED) is 0.797. The third kappa shape index (κ3) is 3.12. The summed E-state index contributed by atoms with van der Waals surface area (Å²) in [5.74, 6) is 1.46. The predicted molar refractivity (Wildman–Crippen MR) is 64.3 cm³/mol. The smallest absolute Gasteiger partial charge is 0.260 e. The van der Waals surface area contributed by atoms with Gasteiger partial charge >= 0.3 is 0 Å². The molecule has 2 rings (SSSR count). The summed E-state index contributed by atoms with van der Waals surface area (Å²) < 4.78 is 10.5. The highest BCUT2D eigenvalue weighted by atomic mass is 16.5. The van der Waals surface area contributed by atoms with Gasteiger partial charge in [-0.3, -0.25) is 4.79 Å². The first kappa shape index (κ1) is 11.8. The minimum Gasteiger partial charge on any atom is -0.497 e. The highest BCUT2D eigenvalue weighted by molar-refractivity contribution is 5.78. The number of hydrogen-bond donors (Lipinski definition) is 0. The van der Waals surface area contributed by atoms with Gasteiger partial charge in [0.25, 0.3) is 5.91 Å². The summed E-state index contributed by atoms with van der Waals surface area (Å²) in [4.78, 5) is 13.6. The van der Waals surface area contributed by atoms with Crippen molar-refractivity contribution in [3.8, 4) is 11.5 Å². The molecule has 1 heterocycles. The Morgan fingerprint density at radius 1 is 1.29 bits per heavy atom. The molecule has 1 aromatic rings. The molecule has 92 valence electrons. The van der Waals surface area contributed by atoms with Gasteiger partial charge in [0.2, 0.25) is 0 Å². The van der Waals surface area contributed by atoms with Crippen molar-refractivity contribution in [1.29, 1.82) is 0 Å². The predicted octanol–water partition coefficient (Wildman–Crippen LogP) is 1.70. The van der Waals surface area contributed by atoms with Gasteiger partial charge < -0.3 is 14.4 Å². The Balaban J connectivity index is 1.86. The molecule has 1 aromatic carbocycles. The molecule has 1 amide bonds. The molecule has 4 nitrogen and oxygen atoms in total. The number of carbonyl (C=O) groups is 1. The van der Waals surface area contributed by atoms with Gasteiger partial charge in [0, 0.05) is 19.2 Å². The number of benzene rings is 1. The molecule has 1 aliphatic rings. The first-order chi connectivity index (χ1) is 8.29. The topological polar surface area (TPSA) is 38.8 Å². The summed E-state index contributed by atoms with van der Waals surface area (Å²) >= 11 is 0. The number of methoxy groups -OCH3 is 1. The first-order valence-corrected chi connectivity index (χ1v) is 5.84. The molecule has 4 heteroatoms. The average molecular weight is 235 g/mol. The summed E-state index contributed by atoms with van der Waals surface area (Å²) in [6, 6.07) is 7.28. The average Bonchev–Trinajstić information content (AvgIpc) is 2.90. The van der Waals surface area contributed by atoms with E-state index in [9.17, 15) is 4.79 Å². The molecule has 1 saturated heterocycles. The molecule has 0 aromatic heterocycles. The normalized spacial score (nSPS) is 14.8. The Morgan fingerprint density at radius 3 is 2.71 bits per heavy atom. The van der Waals surface area contributed by atoms with E-state index in [1.807, 2.05) is 23.1 Å². The van der Waals surface area contributed by atoms with Gasteiger partial charge in [-0.25, -0.2) is 0 Å². The molecule has 1 fully saturated rings. The van der Waals surface area contributed by atoms with Crippen LogP contribution < -0.4 is 9.47 Å². The Hall–Kier alpha value is -1.71. The van der Waals surface area contributed by atoms with E-state index in [0.29, 0.717) is 5.75 Å². The van der Waals surface area contributed by atoms with Gasteiger partial charge in [-0.15, -0.1) is 0 Å². The maximum atomic E-state index is 11.7. The first-order valence-electron chi connectivity index (χ1n) is 5.84. The maximum Gasteiger partial charge on any atom is 0.260 e. The zero-order valence-electron chi connectivity index (χ0n) is 10.0. The molecule has 17 heavy (non-hydrogen) atoms. The number of ether oxygens (including phenoxy) is 2. The summed E-state index contributed by atoms with van der Waals surface area (Å²) in [6.45, 7) is 1.83. The number of nitrogens with zero attached hydrogens (tertiary/aromatic N) is 1. The number of likely N-dealkylation sites (tertiary alicyclic amines) is 1. The molecule has 0 aliphatic carbocycles. The van der Waals surface area contributed by atoms with Gasteiger partial charge in [0.05, 0.1) is 7.11 Å². The van der Waals surface area contributed by atoms with E-state index in [2.05, 4.69) is 0 Å². The van der Waals surface area contributed by atoms with E-state index in [1.54, 1.807) is 13.2 Å². The standard InChI is InChI=1S/C13H17NO3/c1-16-11-5-4-6-12(9-11)17-10-13(15)14-7-2-3-8-14/h4-6,9H,2-3,7-8,10H2,1H3. The lowest BCUT2D eigenvalue weighted by atomic mass is 10.3. The van der Waals surface area contributed by atoms with Crippen molar-refractivity contribution in [2.75, 3.05) is 26.8 Å². The number of amides is 1. The van der Waals surface area contributed by atoms with Crippen molar-refractivity contribution in [3.05, 3.63) is 24.3 Å². The fourth-order valence-electron chi connectivity index (χ4n) is 1.89. The largest absolute Gasteiger partial charge is 0.497 e. The van der Waals surface area contributed by atoms with Crippen molar-refractivity contribution in [1.82, 2.24) is 4.90 Å². The van der Waals surface area contributed by atoms with Crippen LogP contribution >= 0.6 is 0 Å². The monoisotopic (exact) mass is 235 g/mol. The van der Waals surface area contributed by atoms with Crippen molar-refractivity contribution in [3.63, 3.8) is 0 Å². The van der Waals surface area contributed by atoms with E-state index in [0.717, 1.165) is 31.7 Å². The fourth-order valence-corrected chi connectivity index (χ4v) is 1.89. The molecule has 0 bridgehead atoms. The second-order valence-corrected chi connectivity index (χ2v) is 4.06. The fraction of sp³-hybridized carbons (Fsp3) is 0.462. The lowest BCUT2D eigenvalue weighted by Crippen LogP contribution is -2.32. The highest BCUT2D eigenvalue weighted by Gasteiger charge is 2.17. The van der Waals surface area contributed by atoms with E-state index < -0.39 is 0 Å². The van der Waals surface area contributed by atoms with Crippen molar-refractivity contribution < 1.29 is 14.3 Å². The lowest BCUT2D eigenvalue weighted by molar-refractivity contribution is -0.132. The van der Waals surface area contributed by atoms with Crippen molar-refractivity contribution in [2.24, 2.45) is 0 Å². The zero-order valence-corrected chi connectivity index (χ0v) is 10.0. The molecular formula is C13H17NO3. The SMILES string of the molecule is COc1cccc(OCC(=O)N2CCCC2)c1. The molecule has 0 spiro atoms. The van der Waals surface area contributed by atoms with Crippen LogP contribution in [0.3, 0.4) is 0 Å². The van der Waals surface area contributed by atoms with Crippen LogP contribution in [0.1, 0.15) is 12.8 Å². The van der Waals surface area contributed by atoms with Crippen LogP contribution in [0.25, 0.3) is 0 Å². The lowest BCUT2D eigenvalue weighted by Gasteiger charge is -2.15. The molecule has 0 atom stereocenters. The van der Waals surface area contributed by atoms with Crippen LogP contribution in [0.15, 0.2) is 24.3 Å². The van der Waals surface area contributed by atoms with Gasteiger partial charge in [0.1, 0.15) is 11.5 Å². The Bertz CT molecular complexity index is 386. The maximum absolute atomic E-state index is 11.7. The second kappa shape index (κ2) is 5.57. The van der Waals surface area contributed by atoms with Gasteiger partial charge in [-0.05, 0) is 25.0 Å². The molecule has 0 N–H and O–H groups in total. The summed E-state index contributed by atoms with van der Waals surface area (Å²) in [6.07, 6.45) is 2.20. The van der Waals surface area contributed by atoms with Crippen LogP contribution in [0.5, 0.6) is 11.5 Å². The number of hydrogen-bond acceptors (Lipinski definition) is 3. The second-order valence-electron chi connectivity index (χ2n) is 4.06. The third-order valence-electron chi connectivity index (χ3n) is 2.86.